The van der Waals surface area contributed by atoms with Crippen molar-refractivity contribution in [2.24, 2.45) is 5.73 Å². The summed E-state index contributed by atoms with van der Waals surface area (Å²) in [6.07, 6.45) is 0. The van der Waals surface area contributed by atoms with Crippen LogP contribution in [0.5, 0.6) is 0 Å². The molecule has 0 saturated carbocycles. The first-order valence-electron chi connectivity index (χ1n) is 3.70. The molecule has 0 aliphatic carbocycles. The minimum absolute atomic E-state index is 0.175. The van der Waals surface area contributed by atoms with E-state index in [0.717, 1.165) is 4.90 Å². The van der Waals surface area contributed by atoms with Gasteiger partial charge in [0.05, 0.1) is 6.07 Å². The Kier molecular flexibility index (Phi) is 3.50. The number of nitriles is 1. The molecule has 0 aliphatic rings. The second kappa shape index (κ2) is 4.65. The van der Waals surface area contributed by atoms with Crippen molar-refractivity contribution in [1.29, 1.82) is 10.7 Å². The Hall–Kier alpha value is -1.31. The Morgan fingerprint density at radius 2 is 2.08 bits per heavy atom. The number of thioether (sulfide) groups is 1. The van der Waals surface area contributed by atoms with Gasteiger partial charge in [0.15, 0.2) is 0 Å². The van der Waals surface area contributed by atoms with E-state index in [0.29, 0.717) is 0 Å². The molecule has 0 spiro atoms. The predicted octanol–water partition coefficient (Wildman–Crippen LogP) is 1.61. The highest BCUT2D eigenvalue weighted by Gasteiger charge is 2.08. The Balaban J connectivity index is 2.62. The molecule has 13 heavy (non-hydrogen) atoms. The molecule has 0 heterocycles. The number of hydrogen-bond donors (Lipinski definition) is 2. The Morgan fingerprint density at radius 1 is 1.46 bits per heavy atom. The zero-order valence-corrected chi connectivity index (χ0v) is 7.71. The van der Waals surface area contributed by atoms with E-state index in [1.54, 1.807) is 0 Å². The summed E-state index contributed by atoms with van der Waals surface area (Å²) < 4.78 is 0. The van der Waals surface area contributed by atoms with Gasteiger partial charge in [0, 0.05) is 4.90 Å². The number of nitrogens with zero attached hydrogens (tertiary/aromatic N) is 1. The molecule has 0 aliphatic heterocycles. The molecule has 0 bridgehead atoms. The first-order valence-corrected chi connectivity index (χ1v) is 4.52. The summed E-state index contributed by atoms with van der Waals surface area (Å²) in [7, 11) is 0. The topological polar surface area (TPSA) is 73.7 Å². The molecule has 0 fully saturated rings. The zero-order chi connectivity index (χ0) is 9.68. The molecule has 0 amide bonds. The molecule has 1 unspecified atom stereocenters. The van der Waals surface area contributed by atoms with E-state index in [-0.39, 0.29) is 5.04 Å². The summed E-state index contributed by atoms with van der Waals surface area (Å²) in [5.74, 6) is 0. The molecular weight excluding hydrogens is 182 g/mol. The minimum atomic E-state index is -0.815. The minimum Gasteiger partial charge on any atom is -0.310 e. The van der Waals surface area contributed by atoms with Crippen molar-refractivity contribution in [3.05, 3.63) is 30.3 Å². The van der Waals surface area contributed by atoms with Gasteiger partial charge in [-0.25, -0.2) is 0 Å². The summed E-state index contributed by atoms with van der Waals surface area (Å²) in [4.78, 5) is 0.929. The van der Waals surface area contributed by atoms with Crippen molar-refractivity contribution in [3.63, 3.8) is 0 Å². The third kappa shape index (κ3) is 2.90. The average Bonchev–Trinajstić information content (AvgIpc) is 2.18. The van der Waals surface area contributed by atoms with Gasteiger partial charge in [0.1, 0.15) is 11.1 Å². The van der Waals surface area contributed by atoms with E-state index in [2.05, 4.69) is 0 Å². The number of hydrogen-bond acceptors (Lipinski definition) is 4. The molecule has 1 atom stereocenters. The lowest BCUT2D eigenvalue weighted by Crippen LogP contribution is -2.25. The maximum Gasteiger partial charge on any atom is 0.141 e. The lowest BCUT2D eigenvalue weighted by Gasteiger charge is -2.03. The van der Waals surface area contributed by atoms with Crippen LogP contribution in [0.25, 0.3) is 0 Å². The molecule has 0 saturated heterocycles. The smallest absolute Gasteiger partial charge is 0.141 e. The molecule has 3 nitrogen and oxygen atoms in total. The van der Waals surface area contributed by atoms with Crippen molar-refractivity contribution in [3.8, 4) is 6.07 Å². The van der Waals surface area contributed by atoms with Gasteiger partial charge in [0.25, 0.3) is 0 Å². The van der Waals surface area contributed by atoms with E-state index >= 15 is 0 Å². The summed E-state index contributed by atoms with van der Waals surface area (Å²) in [6.45, 7) is 0. The highest BCUT2D eigenvalue weighted by molar-refractivity contribution is 8.14. The first kappa shape index (κ1) is 9.78. The molecule has 4 heteroatoms. The van der Waals surface area contributed by atoms with Gasteiger partial charge in [-0.3, -0.25) is 5.41 Å². The maximum absolute atomic E-state index is 8.45. The molecule has 0 aromatic heterocycles. The van der Waals surface area contributed by atoms with Gasteiger partial charge >= 0.3 is 0 Å². The number of nitrogens with one attached hydrogen (secondary N) is 1. The van der Waals surface area contributed by atoms with Crippen molar-refractivity contribution >= 4 is 16.8 Å². The fourth-order valence-electron chi connectivity index (χ4n) is 0.738. The fourth-order valence-corrected chi connectivity index (χ4v) is 1.46. The summed E-state index contributed by atoms with van der Waals surface area (Å²) in [5.41, 5.74) is 5.36. The molecule has 66 valence electrons. The molecule has 3 N–H and O–H groups in total. The maximum atomic E-state index is 8.45. The van der Waals surface area contributed by atoms with E-state index in [1.165, 1.54) is 11.8 Å². The standard InChI is InChI=1S/C9H9N3S/c10-6-8(11)9(12)13-7-4-2-1-3-5-7/h1-5,8,12H,11H2. The average molecular weight is 191 g/mol. The Bertz CT molecular complexity index is 328. The monoisotopic (exact) mass is 191 g/mol. The van der Waals surface area contributed by atoms with Crippen molar-refractivity contribution in [2.75, 3.05) is 0 Å². The lowest BCUT2D eigenvalue weighted by molar-refractivity contribution is 1.10. The summed E-state index contributed by atoms with van der Waals surface area (Å²) in [6, 6.07) is 10.4. The summed E-state index contributed by atoms with van der Waals surface area (Å²) >= 11 is 1.21. The van der Waals surface area contributed by atoms with Crippen LogP contribution < -0.4 is 5.73 Å². The van der Waals surface area contributed by atoms with Gasteiger partial charge in [0.2, 0.25) is 0 Å². The van der Waals surface area contributed by atoms with Crippen LogP contribution >= 0.6 is 11.8 Å². The molecule has 1 rings (SSSR count). The van der Waals surface area contributed by atoms with Crippen LogP contribution in [-0.2, 0) is 0 Å². The quantitative estimate of drug-likeness (QED) is 0.423. The SMILES string of the molecule is N#CC(N)C(=N)Sc1ccccc1. The Morgan fingerprint density at radius 3 is 2.62 bits per heavy atom. The highest BCUT2D eigenvalue weighted by Crippen LogP contribution is 2.18. The Labute approximate surface area is 81.1 Å². The molecular formula is C9H9N3S. The van der Waals surface area contributed by atoms with E-state index in [4.69, 9.17) is 16.4 Å². The summed E-state index contributed by atoms with van der Waals surface area (Å²) in [5, 5.41) is 16.1. The van der Waals surface area contributed by atoms with Crippen LogP contribution in [0.4, 0.5) is 0 Å². The van der Waals surface area contributed by atoms with E-state index < -0.39 is 6.04 Å². The van der Waals surface area contributed by atoms with Crippen molar-refractivity contribution in [2.45, 2.75) is 10.9 Å². The lowest BCUT2D eigenvalue weighted by atomic mass is 10.4. The number of benzene rings is 1. The van der Waals surface area contributed by atoms with Crippen LogP contribution in [0.3, 0.4) is 0 Å². The third-order valence-corrected chi connectivity index (χ3v) is 2.37. The van der Waals surface area contributed by atoms with Crippen LogP contribution in [0.2, 0.25) is 0 Å². The van der Waals surface area contributed by atoms with Gasteiger partial charge in [-0.1, -0.05) is 30.0 Å². The van der Waals surface area contributed by atoms with Crippen LogP contribution in [0.1, 0.15) is 0 Å². The number of rotatable bonds is 2. The van der Waals surface area contributed by atoms with Gasteiger partial charge in [-0.2, -0.15) is 5.26 Å². The third-order valence-electron chi connectivity index (χ3n) is 1.39. The van der Waals surface area contributed by atoms with Crippen molar-refractivity contribution < 1.29 is 0 Å². The molecule has 1 aromatic rings. The van der Waals surface area contributed by atoms with Gasteiger partial charge in [-0.15, -0.1) is 0 Å². The normalized spacial score (nSPS) is 11.7. The van der Waals surface area contributed by atoms with Crippen LogP contribution in [-0.4, -0.2) is 11.1 Å². The van der Waals surface area contributed by atoms with Crippen LogP contribution in [0.15, 0.2) is 35.2 Å². The van der Waals surface area contributed by atoms with Crippen molar-refractivity contribution in [1.82, 2.24) is 0 Å². The van der Waals surface area contributed by atoms with Crippen LogP contribution in [0, 0.1) is 16.7 Å². The molecule has 1 aromatic carbocycles. The predicted molar refractivity (Wildman–Crippen MR) is 53.6 cm³/mol. The number of nitrogens with two attached hydrogens (primary N) is 1. The fraction of sp³-hybridized carbons (Fsp3) is 0.111. The largest absolute Gasteiger partial charge is 0.310 e. The van der Waals surface area contributed by atoms with Gasteiger partial charge < -0.3 is 5.73 Å². The first-order chi connectivity index (χ1) is 6.24. The second-order valence-electron chi connectivity index (χ2n) is 2.39. The second-order valence-corrected chi connectivity index (χ2v) is 3.50. The highest BCUT2D eigenvalue weighted by atomic mass is 32.2. The van der Waals surface area contributed by atoms with E-state index in [9.17, 15) is 0 Å². The molecule has 0 radical (unpaired) electrons. The van der Waals surface area contributed by atoms with Gasteiger partial charge in [-0.05, 0) is 12.1 Å². The zero-order valence-electron chi connectivity index (χ0n) is 6.90. The van der Waals surface area contributed by atoms with E-state index in [1.807, 2.05) is 36.4 Å².